The van der Waals surface area contributed by atoms with Gasteiger partial charge in [0.25, 0.3) is 0 Å². The minimum Gasteiger partial charge on any atom is -0.489 e. The summed E-state index contributed by atoms with van der Waals surface area (Å²) in [7, 11) is 0. The van der Waals surface area contributed by atoms with Crippen LogP contribution in [0, 0.1) is 6.92 Å². The van der Waals surface area contributed by atoms with Gasteiger partial charge in [0.15, 0.2) is 5.75 Å². The molecule has 82 valence electrons. The zero-order valence-electron chi connectivity index (χ0n) is 8.87. The lowest BCUT2D eigenvalue weighted by Gasteiger charge is -2.14. The number of aryl methyl sites for hydroxylation is 1. The predicted molar refractivity (Wildman–Crippen MR) is 58.9 cm³/mol. The summed E-state index contributed by atoms with van der Waals surface area (Å²) in [5, 5.41) is 9.32. The van der Waals surface area contributed by atoms with Crippen LogP contribution in [0.1, 0.15) is 29.8 Å². The molecule has 0 heterocycles. The summed E-state index contributed by atoms with van der Waals surface area (Å²) in [6.07, 6.45) is -0.108. The topological polar surface area (TPSA) is 46.5 Å². The molecule has 0 fully saturated rings. The van der Waals surface area contributed by atoms with E-state index >= 15 is 0 Å². The second kappa shape index (κ2) is 4.53. The van der Waals surface area contributed by atoms with Crippen LogP contribution < -0.4 is 4.74 Å². The van der Waals surface area contributed by atoms with Crippen LogP contribution in [0.15, 0.2) is 12.1 Å². The van der Waals surface area contributed by atoms with Crippen LogP contribution in [-0.4, -0.2) is 17.2 Å². The summed E-state index contributed by atoms with van der Waals surface area (Å²) in [5.74, 6) is -0.791. The molecular formula is C11H13ClO3. The van der Waals surface area contributed by atoms with E-state index in [9.17, 15) is 4.79 Å². The average molecular weight is 229 g/mol. The minimum absolute atomic E-state index is 0.105. The van der Waals surface area contributed by atoms with Crippen molar-refractivity contribution in [2.45, 2.75) is 26.9 Å². The van der Waals surface area contributed by atoms with E-state index in [1.165, 1.54) is 0 Å². The van der Waals surface area contributed by atoms with Gasteiger partial charge in [-0.1, -0.05) is 11.6 Å². The van der Waals surface area contributed by atoms with Crippen molar-refractivity contribution >= 4 is 17.6 Å². The van der Waals surface area contributed by atoms with Gasteiger partial charge in [0.1, 0.15) is 5.56 Å². The van der Waals surface area contributed by atoms with E-state index in [1.54, 1.807) is 19.1 Å². The number of ether oxygens (including phenoxy) is 1. The summed E-state index contributed by atoms with van der Waals surface area (Å²) in [6, 6.07) is 3.23. The lowest BCUT2D eigenvalue weighted by molar-refractivity contribution is 0.0690. The molecule has 1 aromatic carbocycles. The van der Waals surface area contributed by atoms with Gasteiger partial charge in [-0.25, -0.2) is 4.79 Å². The third-order valence-electron chi connectivity index (χ3n) is 1.77. The Morgan fingerprint density at radius 1 is 1.47 bits per heavy atom. The van der Waals surface area contributed by atoms with E-state index in [4.69, 9.17) is 21.4 Å². The molecule has 0 bridgehead atoms. The fourth-order valence-electron chi connectivity index (χ4n) is 1.24. The Hall–Kier alpha value is -1.22. The lowest BCUT2D eigenvalue weighted by Crippen LogP contribution is -2.10. The summed E-state index contributed by atoms with van der Waals surface area (Å²) in [4.78, 5) is 11.0. The molecule has 0 unspecified atom stereocenters. The molecule has 0 spiro atoms. The van der Waals surface area contributed by atoms with Gasteiger partial charge in [-0.3, -0.25) is 0 Å². The standard InChI is InChI=1S/C11H13ClO3/c1-6(2)15-10-8(11(13)14)4-7(3)5-9(10)12/h4-6H,1-3H3,(H,13,14). The molecule has 0 aliphatic heterocycles. The first kappa shape index (κ1) is 11.9. The van der Waals surface area contributed by atoms with Gasteiger partial charge >= 0.3 is 5.97 Å². The van der Waals surface area contributed by atoms with Crippen LogP contribution in [0.25, 0.3) is 0 Å². The highest BCUT2D eigenvalue weighted by Gasteiger charge is 2.16. The molecule has 0 radical (unpaired) electrons. The smallest absolute Gasteiger partial charge is 0.339 e. The quantitative estimate of drug-likeness (QED) is 0.865. The number of aromatic carboxylic acids is 1. The molecule has 1 N–H and O–H groups in total. The Labute approximate surface area is 93.6 Å². The molecule has 4 heteroatoms. The molecule has 1 aromatic rings. The Balaban J connectivity index is 3.27. The van der Waals surface area contributed by atoms with Crippen molar-refractivity contribution < 1.29 is 14.6 Å². The molecule has 1 rings (SSSR count). The number of carbonyl (C=O) groups is 1. The highest BCUT2D eigenvalue weighted by Crippen LogP contribution is 2.31. The number of benzene rings is 1. The highest BCUT2D eigenvalue weighted by atomic mass is 35.5. The van der Waals surface area contributed by atoms with Gasteiger partial charge in [-0.15, -0.1) is 0 Å². The fraction of sp³-hybridized carbons (Fsp3) is 0.364. The van der Waals surface area contributed by atoms with Gasteiger partial charge in [-0.2, -0.15) is 0 Å². The number of halogens is 1. The monoisotopic (exact) mass is 228 g/mol. The summed E-state index contributed by atoms with van der Waals surface area (Å²) >= 11 is 5.93. The van der Waals surface area contributed by atoms with Crippen molar-refractivity contribution in [3.05, 3.63) is 28.3 Å². The normalized spacial score (nSPS) is 10.5. The Bertz CT molecular complexity index is 386. The van der Waals surface area contributed by atoms with Crippen molar-refractivity contribution in [3.8, 4) is 5.75 Å². The van der Waals surface area contributed by atoms with Gasteiger partial charge in [0.2, 0.25) is 0 Å². The maximum atomic E-state index is 11.0. The molecule has 3 nitrogen and oxygen atoms in total. The number of carboxylic acid groups (broad SMARTS) is 1. The van der Waals surface area contributed by atoms with Gasteiger partial charge < -0.3 is 9.84 Å². The number of rotatable bonds is 3. The van der Waals surface area contributed by atoms with Crippen molar-refractivity contribution in [1.82, 2.24) is 0 Å². The Morgan fingerprint density at radius 2 is 2.07 bits per heavy atom. The zero-order valence-corrected chi connectivity index (χ0v) is 9.63. The molecule has 0 aromatic heterocycles. The SMILES string of the molecule is Cc1cc(Cl)c(OC(C)C)c(C(=O)O)c1. The fourth-order valence-corrected chi connectivity index (χ4v) is 1.56. The van der Waals surface area contributed by atoms with Crippen LogP contribution in [0.2, 0.25) is 5.02 Å². The van der Waals surface area contributed by atoms with Gasteiger partial charge in [0, 0.05) is 0 Å². The average Bonchev–Trinajstić information content (AvgIpc) is 2.08. The van der Waals surface area contributed by atoms with Crippen molar-refractivity contribution in [1.29, 1.82) is 0 Å². The first-order valence-electron chi connectivity index (χ1n) is 4.62. The third-order valence-corrected chi connectivity index (χ3v) is 2.05. The largest absolute Gasteiger partial charge is 0.489 e. The first-order chi connectivity index (χ1) is 6.91. The van der Waals surface area contributed by atoms with Gasteiger partial charge in [-0.05, 0) is 38.5 Å². The van der Waals surface area contributed by atoms with Crippen LogP contribution >= 0.6 is 11.6 Å². The molecule has 0 aliphatic carbocycles. The van der Waals surface area contributed by atoms with Crippen LogP contribution in [0.4, 0.5) is 0 Å². The Morgan fingerprint density at radius 3 is 2.53 bits per heavy atom. The van der Waals surface area contributed by atoms with E-state index in [2.05, 4.69) is 0 Å². The molecule has 0 saturated heterocycles. The van der Waals surface area contributed by atoms with Crippen molar-refractivity contribution in [2.75, 3.05) is 0 Å². The van der Waals surface area contributed by atoms with E-state index in [0.29, 0.717) is 5.02 Å². The molecular weight excluding hydrogens is 216 g/mol. The molecule has 0 atom stereocenters. The zero-order chi connectivity index (χ0) is 11.6. The second-order valence-electron chi connectivity index (χ2n) is 3.60. The molecule has 0 saturated carbocycles. The maximum Gasteiger partial charge on any atom is 0.339 e. The molecule has 0 aliphatic rings. The van der Waals surface area contributed by atoms with E-state index in [0.717, 1.165) is 5.56 Å². The van der Waals surface area contributed by atoms with Crippen LogP contribution in [0.5, 0.6) is 5.75 Å². The van der Waals surface area contributed by atoms with E-state index < -0.39 is 5.97 Å². The van der Waals surface area contributed by atoms with Crippen LogP contribution in [0.3, 0.4) is 0 Å². The number of hydrogen-bond acceptors (Lipinski definition) is 2. The number of hydrogen-bond donors (Lipinski definition) is 1. The highest BCUT2D eigenvalue weighted by molar-refractivity contribution is 6.32. The number of carboxylic acids is 1. The van der Waals surface area contributed by atoms with E-state index in [1.807, 2.05) is 13.8 Å². The summed E-state index contributed by atoms with van der Waals surface area (Å²) < 4.78 is 5.38. The van der Waals surface area contributed by atoms with Crippen LogP contribution in [-0.2, 0) is 0 Å². The predicted octanol–water partition coefficient (Wildman–Crippen LogP) is 3.13. The third kappa shape index (κ3) is 2.86. The minimum atomic E-state index is -1.03. The summed E-state index contributed by atoms with van der Waals surface area (Å²) in [6.45, 7) is 5.43. The molecule has 0 amide bonds. The first-order valence-corrected chi connectivity index (χ1v) is 4.99. The molecule has 15 heavy (non-hydrogen) atoms. The second-order valence-corrected chi connectivity index (χ2v) is 4.00. The summed E-state index contributed by atoms with van der Waals surface area (Å²) in [5.41, 5.74) is 0.905. The van der Waals surface area contributed by atoms with Crippen molar-refractivity contribution in [3.63, 3.8) is 0 Å². The maximum absolute atomic E-state index is 11.0. The Kier molecular flexibility index (Phi) is 3.58. The van der Waals surface area contributed by atoms with Crippen molar-refractivity contribution in [2.24, 2.45) is 0 Å². The van der Waals surface area contributed by atoms with E-state index in [-0.39, 0.29) is 17.4 Å². The van der Waals surface area contributed by atoms with Gasteiger partial charge in [0.05, 0.1) is 11.1 Å². The lowest BCUT2D eigenvalue weighted by atomic mass is 10.1.